The number of anilines is 1. The summed E-state index contributed by atoms with van der Waals surface area (Å²) in [6.45, 7) is 5.59. The van der Waals surface area contributed by atoms with E-state index in [0.29, 0.717) is 9.90 Å². The lowest BCUT2D eigenvalue weighted by molar-refractivity contribution is 0.209. The maximum Gasteiger partial charge on any atom is 0.410 e. The molecule has 0 aliphatic rings. The van der Waals surface area contributed by atoms with Crippen molar-refractivity contribution in [1.82, 2.24) is 9.71 Å². The first-order chi connectivity index (χ1) is 11.2. The smallest absolute Gasteiger partial charge is 0.410 e. The van der Waals surface area contributed by atoms with Crippen LogP contribution in [0.3, 0.4) is 0 Å². The Morgan fingerprint density at radius 2 is 2.04 bits per heavy atom. The summed E-state index contributed by atoms with van der Waals surface area (Å²) in [7, 11) is -1.34. The Kier molecular flexibility index (Phi) is 5.97. The van der Waals surface area contributed by atoms with Crippen LogP contribution >= 0.6 is 22.9 Å². The fourth-order valence-electron chi connectivity index (χ4n) is 1.84. The normalized spacial score (nSPS) is 14.2. The number of aromatic nitrogens is 1. The van der Waals surface area contributed by atoms with Gasteiger partial charge < -0.3 is 5.11 Å². The van der Waals surface area contributed by atoms with Crippen LogP contribution in [-0.4, -0.2) is 25.1 Å². The molecule has 0 aliphatic heterocycles. The third kappa shape index (κ3) is 4.76. The van der Waals surface area contributed by atoms with E-state index in [1.54, 1.807) is 12.3 Å². The Morgan fingerprint density at radius 1 is 1.38 bits per heavy atom. The van der Waals surface area contributed by atoms with Gasteiger partial charge in [0.15, 0.2) is 5.13 Å². The third-order valence-corrected chi connectivity index (χ3v) is 5.90. The van der Waals surface area contributed by atoms with Crippen LogP contribution in [0, 0.1) is 0 Å². The van der Waals surface area contributed by atoms with Crippen molar-refractivity contribution in [2.75, 3.05) is 5.32 Å². The number of carbonyl (C=O) groups is 1. The number of carboxylic acid groups (broad SMARTS) is 1. The fraction of sp³-hybridized carbons (Fsp3) is 0.333. The van der Waals surface area contributed by atoms with Crippen LogP contribution in [-0.2, 0) is 11.0 Å². The zero-order chi connectivity index (χ0) is 17.9. The van der Waals surface area contributed by atoms with Gasteiger partial charge in [-0.25, -0.2) is 18.7 Å². The Morgan fingerprint density at radius 3 is 2.62 bits per heavy atom. The first-order valence-corrected chi connectivity index (χ1v) is 9.41. The predicted molar refractivity (Wildman–Crippen MR) is 98.1 cm³/mol. The average Bonchev–Trinajstić information content (AvgIpc) is 2.91. The number of amides is 1. The summed E-state index contributed by atoms with van der Waals surface area (Å²) in [5.74, 6) is 0. The summed E-state index contributed by atoms with van der Waals surface area (Å²) < 4.78 is 15.2. The molecule has 130 valence electrons. The molecule has 2 unspecified atom stereocenters. The highest BCUT2D eigenvalue weighted by Crippen LogP contribution is 2.34. The standard InChI is InChI=1S/C15H18ClN3O3S2/c1-15(2,3)24(22)19-12(9-6-4-5-7-10(9)16)11-8-17-13(23-11)18-14(20)21/h4-8,12,19H,1-3H3,(H,17,18)(H,20,21). The van der Waals surface area contributed by atoms with Crippen LogP contribution in [0.2, 0.25) is 5.02 Å². The molecule has 0 saturated carbocycles. The summed E-state index contributed by atoms with van der Waals surface area (Å²) >= 11 is 7.46. The van der Waals surface area contributed by atoms with E-state index in [9.17, 15) is 9.00 Å². The highest BCUT2D eigenvalue weighted by molar-refractivity contribution is 7.84. The van der Waals surface area contributed by atoms with Crippen molar-refractivity contribution < 1.29 is 14.1 Å². The molecule has 2 aromatic rings. The van der Waals surface area contributed by atoms with Crippen LogP contribution in [0.1, 0.15) is 37.3 Å². The molecule has 24 heavy (non-hydrogen) atoms. The molecule has 2 rings (SSSR count). The van der Waals surface area contributed by atoms with Crippen molar-refractivity contribution >= 4 is 45.1 Å². The second-order valence-corrected chi connectivity index (χ2v) is 9.42. The van der Waals surface area contributed by atoms with E-state index in [0.717, 1.165) is 5.56 Å². The van der Waals surface area contributed by atoms with Crippen molar-refractivity contribution in [3.63, 3.8) is 0 Å². The molecule has 1 heterocycles. The number of nitrogens with zero attached hydrogens (tertiary/aromatic N) is 1. The molecule has 2 atom stereocenters. The van der Waals surface area contributed by atoms with Crippen LogP contribution in [0.5, 0.6) is 0 Å². The van der Waals surface area contributed by atoms with Crippen molar-refractivity contribution in [3.8, 4) is 0 Å². The molecule has 3 N–H and O–H groups in total. The van der Waals surface area contributed by atoms with Gasteiger partial charge in [-0.3, -0.25) is 5.32 Å². The summed E-state index contributed by atoms with van der Waals surface area (Å²) in [5, 5.41) is 11.8. The Bertz CT molecular complexity index is 758. The SMILES string of the molecule is CC(C)(C)S(=O)NC(c1cnc(NC(=O)O)s1)c1ccccc1Cl. The van der Waals surface area contributed by atoms with E-state index in [-0.39, 0.29) is 5.13 Å². The van der Waals surface area contributed by atoms with Crippen molar-refractivity contribution in [3.05, 3.63) is 45.9 Å². The first-order valence-electron chi connectivity index (χ1n) is 7.06. The largest absolute Gasteiger partial charge is 0.465 e. The molecule has 0 aliphatic carbocycles. The van der Waals surface area contributed by atoms with Gasteiger partial charge in [-0.1, -0.05) is 41.1 Å². The minimum absolute atomic E-state index is 0.248. The molecule has 0 spiro atoms. The van der Waals surface area contributed by atoms with Gasteiger partial charge in [0.2, 0.25) is 0 Å². The summed E-state index contributed by atoms with van der Waals surface area (Å²) in [5.41, 5.74) is 0.752. The highest BCUT2D eigenvalue weighted by atomic mass is 35.5. The molecule has 6 nitrogen and oxygen atoms in total. The number of thiazole rings is 1. The molecule has 1 aromatic carbocycles. The van der Waals surface area contributed by atoms with Gasteiger partial charge >= 0.3 is 6.09 Å². The number of hydrogen-bond acceptors (Lipinski definition) is 4. The predicted octanol–water partition coefficient (Wildman–Crippen LogP) is 4.03. The highest BCUT2D eigenvalue weighted by Gasteiger charge is 2.27. The Balaban J connectivity index is 2.39. The quantitative estimate of drug-likeness (QED) is 0.722. The second-order valence-electron chi connectivity index (χ2n) is 5.95. The minimum atomic E-state index is -1.34. The van der Waals surface area contributed by atoms with E-state index in [1.165, 1.54) is 11.3 Å². The third-order valence-electron chi connectivity index (χ3n) is 3.02. The maximum absolute atomic E-state index is 12.5. The molecular formula is C15H18ClN3O3S2. The molecule has 0 bridgehead atoms. The molecule has 0 fully saturated rings. The van der Waals surface area contributed by atoms with Gasteiger partial charge in [-0.2, -0.15) is 0 Å². The van der Waals surface area contributed by atoms with E-state index in [2.05, 4.69) is 15.0 Å². The van der Waals surface area contributed by atoms with E-state index < -0.39 is 27.9 Å². The Hall–Kier alpha value is -1.48. The Labute approximate surface area is 151 Å². The number of halogens is 1. The second kappa shape index (κ2) is 7.60. The lowest BCUT2D eigenvalue weighted by Crippen LogP contribution is -2.36. The van der Waals surface area contributed by atoms with Gasteiger partial charge in [0, 0.05) is 16.1 Å². The fourth-order valence-corrected chi connectivity index (χ4v) is 3.85. The van der Waals surface area contributed by atoms with Crippen LogP contribution in [0.25, 0.3) is 0 Å². The minimum Gasteiger partial charge on any atom is -0.465 e. The van der Waals surface area contributed by atoms with Gasteiger partial charge in [0.25, 0.3) is 0 Å². The van der Waals surface area contributed by atoms with Gasteiger partial charge in [-0.05, 0) is 32.4 Å². The number of hydrogen-bond donors (Lipinski definition) is 3. The van der Waals surface area contributed by atoms with E-state index in [4.69, 9.17) is 16.7 Å². The van der Waals surface area contributed by atoms with Crippen LogP contribution < -0.4 is 10.0 Å². The average molecular weight is 388 g/mol. The number of rotatable bonds is 5. The van der Waals surface area contributed by atoms with Crippen molar-refractivity contribution in [2.24, 2.45) is 0 Å². The van der Waals surface area contributed by atoms with Crippen molar-refractivity contribution in [2.45, 2.75) is 31.6 Å². The van der Waals surface area contributed by atoms with Gasteiger partial charge in [-0.15, -0.1) is 0 Å². The molecule has 1 amide bonds. The van der Waals surface area contributed by atoms with E-state index >= 15 is 0 Å². The van der Waals surface area contributed by atoms with E-state index in [1.807, 2.05) is 39.0 Å². The monoisotopic (exact) mass is 387 g/mol. The summed E-state index contributed by atoms with van der Waals surface area (Å²) in [6.07, 6.45) is 0.369. The number of nitrogens with one attached hydrogen (secondary N) is 2. The lowest BCUT2D eigenvalue weighted by Gasteiger charge is -2.24. The zero-order valence-electron chi connectivity index (χ0n) is 13.4. The van der Waals surface area contributed by atoms with Crippen molar-refractivity contribution in [1.29, 1.82) is 0 Å². The summed E-state index contributed by atoms with van der Waals surface area (Å²) in [6, 6.07) is 6.79. The summed E-state index contributed by atoms with van der Waals surface area (Å²) in [4.78, 5) is 15.5. The number of benzene rings is 1. The first kappa shape index (κ1) is 18.9. The lowest BCUT2D eigenvalue weighted by atomic mass is 10.1. The van der Waals surface area contributed by atoms with Crippen LogP contribution in [0.15, 0.2) is 30.5 Å². The molecular weight excluding hydrogens is 370 g/mol. The molecule has 0 radical (unpaired) electrons. The van der Waals surface area contributed by atoms with Gasteiger partial charge in [0.05, 0.1) is 21.8 Å². The topological polar surface area (TPSA) is 91.3 Å². The molecule has 1 aromatic heterocycles. The molecule has 9 heteroatoms. The van der Waals surface area contributed by atoms with Crippen LogP contribution in [0.4, 0.5) is 9.93 Å². The zero-order valence-corrected chi connectivity index (χ0v) is 15.8. The maximum atomic E-state index is 12.5. The van der Waals surface area contributed by atoms with Gasteiger partial charge in [0.1, 0.15) is 0 Å². The molecule has 0 saturated heterocycles.